The van der Waals surface area contributed by atoms with Gasteiger partial charge in [0.05, 0.1) is 5.02 Å². The summed E-state index contributed by atoms with van der Waals surface area (Å²) in [6.07, 6.45) is 0.990. The van der Waals surface area contributed by atoms with Gasteiger partial charge in [0.2, 0.25) is 0 Å². The molecule has 0 saturated heterocycles. The van der Waals surface area contributed by atoms with Crippen LogP contribution in [-0.2, 0) is 0 Å². The lowest BCUT2D eigenvalue weighted by Gasteiger charge is -2.15. The quantitative estimate of drug-likeness (QED) is 0.594. The molecule has 0 aliphatic heterocycles. The standard InChI is InChI=1S/C21H21ClN2O2/c1-4-13(2)15-9-6-8-12-18(15)23-21(25)19-14(3)26-24-20(19)16-10-5-7-11-17(16)22/h5-13H,4H2,1-3H3,(H,23,25). The van der Waals surface area contributed by atoms with Crippen molar-refractivity contribution in [1.82, 2.24) is 5.16 Å². The van der Waals surface area contributed by atoms with Crippen molar-refractivity contribution in [3.63, 3.8) is 0 Å². The first-order chi connectivity index (χ1) is 12.5. The maximum absolute atomic E-state index is 13.0. The molecule has 3 rings (SSSR count). The van der Waals surface area contributed by atoms with Crippen molar-refractivity contribution in [1.29, 1.82) is 0 Å². The summed E-state index contributed by atoms with van der Waals surface area (Å²) >= 11 is 6.28. The molecule has 0 spiro atoms. The molecule has 3 aromatic rings. The van der Waals surface area contributed by atoms with Crippen molar-refractivity contribution >= 4 is 23.2 Å². The number of nitrogens with zero attached hydrogens (tertiary/aromatic N) is 1. The van der Waals surface area contributed by atoms with Crippen molar-refractivity contribution in [2.24, 2.45) is 0 Å². The van der Waals surface area contributed by atoms with Crippen LogP contribution in [0, 0.1) is 6.92 Å². The number of nitrogens with one attached hydrogen (secondary N) is 1. The predicted octanol–water partition coefficient (Wildman–Crippen LogP) is 6.07. The summed E-state index contributed by atoms with van der Waals surface area (Å²) in [7, 11) is 0. The van der Waals surface area contributed by atoms with Crippen molar-refractivity contribution in [2.45, 2.75) is 33.1 Å². The number of hydrogen-bond donors (Lipinski definition) is 1. The highest BCUT2D eigenvalue weighted by molar-refractivity contribution is 6.33. The van der Waals surface area contributed by atoms with Gasteiger partial charge in [0, 0.05) is 11.3 Å². The topological polar surface area (TPSA) is 55.1 Å². The minimum absolute atomic E-state index is 0.255. The summed E-state index contributed by atoms with van der Waals surface area (Å²) in [6, 6.07) is 15.1. The van der Waals surface area contributed by atoms with E-state index >= 15 is 0 Å². The number of benzene rings is 2. The Labute approximate surface area is 158 Å². The molecule has 4 nitrogen and oxygen atoms in total. The smallest absolute Gasteiger partial charge is 0.261 e. The van der Waals surface area contributed by atoms with Gasteiger partial charge >= 0.3 is 0 Å². The molecule has 5 heteroatoms. The van der Waals surface area contributed by atoms with Crippen LogP contribution in [0.2, 0.25) is 5.02 Å². The molecular formula is C21H21ClN2O2. The van der Waals surface area contributed by atoms with Gasteiger partial charge in [-0.15, -0.1) is 0 Å². The summed E-state index contributed by atoms with van der Waals surface area (Å²) in [6.45, 7) is 6.00. The number of anilines is 1. The third-order valence-electron chi connectivity index (χ3n) is 4.57. The monoisotopic (exact) mass is 368 g/mol. The second-order valence-electron chi connectivity index (χ2n) is 6.29. The fourth-order valence-corrected chi connectivity index (χ4v) is 3.15. The molecule has 0 saturated carbocycles. The zero-order chi connectivity index (χ0) is 18.7. The van der Waals surface area contributed by atoms with E-state index in [4.69, 9.17) is 16.1 Å². The molecule has 0 bridgehead atoms. The van der Waals surface area contributed by atoms with Crippen LogP contribution in [0.3, 0.4) is 0 Å². The minimum Gasteiger partial charge on any atom is -0.360 e. The van der Waals surface area contributed by atoms with Gasteiger partial charge in [-0.1, -0.05) is 67.0 Å². The van der Waals surface area contributed by atoms with E-state index in [1.165, 1.54) is 0 Å². The summed E-state index contributed by atoms with van der Waals surface area (Å²) < 4.78 is 5.29. The lowest BCUT2D eigenvalue weighted by molar-refractivity contribution is 0.102. The Morgan fingerprint density at radius 1 is 1.19 bits per heavy atom. The van der Waals surface area contributed by atoms with Gasteiger partial charge < -0.3 is 9.84 Å². The van der Waals surface area contributed by atoms with Crippen LogP contribution >= 0.6 is 11.6 Å². The Balaban J connectivity index is 1.98. The van der Waals surface area contributed by atoms with E-state index in [1.54, 1.807) is 13.0 Å². The van der Waals surface area contributed by atoms with Crippen LogP contribution < -0.4 is 5.32 Å². The average molecular weight is 369 g/mol. The number of carbonyl (C=O) groups excluding carboxylic acids is 1. The SMILES string of the molecule is CCC(C)c1ccccc1NC(=O)c1c(-c2ccccc2Cl)noc1C. The molecule has 2 aromatic carbocycles. The van der Waals surface area contributed by atoms with E-state index in [1.807, 2.05) is 42.5 Å². The largest absolute Gasteiger partial charge is 0.360 e. The molecule has 26 heavy (non-hydrogen) atoms. The van der Waals surface area contributed by atoms with E-state index in [9.17, 15) is 4.79 Å². The van der Waals surface area contributed by atoms with E-state index in [-0.39, 0.29) is 5.91 Å². The maximum atomic E-state index is 13.0. The Hall–Kier alpha value is -2.59. The number of halogens is 1. The van der Waals surface area contributed by atoms with Crippen molar-refractivity contribution in [2.75, 3.05) is 5.32 Å². The Morgan fingerprint density at radius 3 is 2.62 bits per heavy atom. The highest BCUT2D eigenvalue weighted by atomic mass is 35.5. The Kier molecular flexibility index (Phi) is 5.43. The zero-order valence-electron chi connectivity index (χ0n) is 15.0. The molecule has 1 heterocycles. The third-order valence-corrected chi connectivity index (χ3v) is 4.90. The fraction of sp³-hybridized carbons (Fsp3) is 0.238. The number of aromatic nitrogens is 1. The molecule has 0 aliphatic rings. The van der Waals surface area contributed by atoms with Gasteiger partial charge in [0.1, 0.15) is 17.0 Å². The van der Waals surface area contributed by atoms with Gasteiger partial charge in [-0.05, 0) is 37.0 Å². The normalized spacial score (nSPS) is 12.0. The number of hydrogen-bond acceptors (Lipinski definition) is 3. The molecule has 1 N–H and O–H groups in total. The molecule has 0 radical (unpaired) electrons. The third kappa shape index (κ3) is 3.51. The minimum atomic E-state index is -0.255. The fourth-order valence-electron chi connectivity index (χ4n) is 2.92. The molecule has 1 aromatic heterocycles. The summed E-state index contributed by atoms with van der Waals surface area (Å²) in [5.74, 6) is 0.547. The number of amides is 1. The first-order valence-electron chi connectivity index (χ1n) is 8.64. The highest BCUT2D eigenvalue weighted by Gasteiger charge is 2.24. The van der Waals surface area contributed by atoms with Crippen LogP contribution in [0.5, 0.6) is 0 Å². The molecule has 0 aliphatic carbocycles. The van der Waals surface area contributed by atoms with Crippen LogP contribution in [0.15, 0.2) is 53.1 Å². The van der Waals surface area contributed by atoms with E-state index in [0.29, 0.717) is 33.5 Å². The molecular weight excluding hydrogens is 348 g/mol. The average Bonchev–Trinajstić information content (AvgIpc) is 3.03. The number of aryl methyl sites for hydroxylation is 1. The number of para-hydroxylation sites is 1. The first kappa shape index (κ1) is 18.2. The van der Waals surface area contributed by atoms with Crippen molar-refractivity contribution < 1.29 is 9.32 Å². The van der Waals surface area contributed by atoms with Crippen LogP contribution in [0.1, 0.15) is 47.9 Å². The van der Waals surface area contributed by atoms with E-state index < -0.39 is 0 Å². The van der Waals surface area contributed by atoms with Gasteiger partial charge in [-0.25, -0.2) is 0 Å². The summed E-state index contributed by atoms with van der Waals surface area (Å²) in [5, 5.41) is 7.60. The summed E-state index contributed by atoms with van der Waals surface area (Å²) in [5.41, 5.74) is 3.43. The molecule has 134 valence electrons. The van der Waals surface area contributed by atoms with E-state index in [0.717, 1.165) is 17.7 Å². The number of carbonyl (C=O) groups is 1. The molecule has 0 fully saturated rings. The Bertz CT molecular complexity index is 933. The lowest BCUT2D eigenvalue weighted by Crippen LogP contribution is -2.15. The van der Waals surface area contributed by atoms with Gasteiger partial charge in [0.15, 0.2) is 0 Å². The second kappa shape index (κ2) is 7.75. The van der Waals surface area contributed by atoms with Crippen LogP contribution in [0.4, 0.5) is 5.69 Å². The van der Waals surface area contributed by atoms with Crippen molar-refractivity contribution in [3.8, 4) is 11.3 Å². The molecule has 1 amide bonds. The highest BCUT2D eigenvalue weighted by Crippen LogP contribution is 2.32. The second-order valence-corrected chi connectivity index (χ2v) is 6.70. The van der Waals surface area contributed by atoms with Gasteiger partial charge in [-0.2, -0.15) is 0 Å². The first-order valence-corrected chi connectivity index (χ1v) is 9.02. The van der Waals surface area contributed by atoms with Crippen LogP contribution in [-0.4, -0.2) is 11.1 Å². The predicted molar refractivity (Wildman–Crippen MR) is 105 cm³/mol. The van der Waals surface area contributed by atoms with Gasteiger partial charge in [-0.3, -0.25) is 4.79 Å². The van der Waals surface area contributed by atoms with Gasteiger partial charge in [0.25, 0.3) is 5.91 Å². The summed E-state index contributed by atoms with van der Waals surface area (Å²) in [4.78, 5) is 13.0. The van der Waals surface area contributed by atoms with Crippen LogP contribution in [0.25, 0.3) is 11.3 Å². The van der Waals surface area contributed by atoms with Crippen molar-refractivity contribution in [3.05, 3.63) is 70.4 Å². The zero-order valence-corrected chi connectivity index (χ0v) is 15.8. The molecule has 1 atom stereocenters. The Morgan fingerprint density at radius 2 is 1.88 bits per heavy atom. The van der Waals surface area contributed by atoms with E-state index in [2.05, 4.69) is 24.3 Å². The maximum Gasteiger partial charge on any atom is 0.261 e. The molecule has 1 unspecified atom stereocenters. The number of rotatable bonds is 5. The lowest BCUT2D eigenvalue weighted by atomic mass is 9.96.